The van der Waals surface area contributed by atoms with Gasteiger partial charge in [-0.25, -0.2) is 9.69 Å². The van der Waals surface area contributed by atoms with Gasteiger partial charge >= 0.3 is 5.97 Å². The third-order valence-electron chi connectivity index (χ3n) is 6.12. The summed E-state index contributed by atoms with van der Waals surface area (Å²) in [6.07, 6.45) is -1.30. The number of rotatable bonds is 7. The van der Waals surface area contributed by atoms with Crippen molar-refractivity contribution < 1.29 is 28.8 Å². The number of anilines is 1. The Hall–Kier alpha value is -5.15. The lowest BCUT2D eigenvalue weighted by atomic mass is 9.99. The smallest absolute Gasteiger partial charge is 0.339 e. The van der Waals surface area contributed by atoms with E-state index in [1.165, 1.54) is 36.4 Å². The number of nitro groups is 1. The van der Waals surface area contributed by atoms with Crippen LogP contribution in [0.4, 0.5) is 11.4 Å². The Bertz CT molecular complexity index is 1650. The van der Waals surface area contributed by atoms with E-state index in [-0.39, 0.29) is 22.4 Å². The van der Waals surface area contributed by atoms with Crippen molar-refractivity contribution >= 4 is 46.5 Å². The van der Waals surface area contributed by atoms with E-state index in [1.807, 2.05) is 0 Å². The van der Waals surface area contributed by atoms with Gasteiger partial charge in [0.15, 0.2) is 6.10 Å². The zero-order valence-electron chi connectivity index (χ0n) is 19.9. The number of amides is 2. The number of imide groups is 1. The Balaban J connectivity index is 1.46. The molecule has 4 aromatic rings. The Morgan fingerprint density at radius 3 is 2.18 bits per heavy atom. The third-order valence-corrected chi connectivity index (χ3v) is 6.38. The monoisotopic (exact) mass is 540 g/mol. The van der Waals surface area contributed by atoms with Gasteiger partial charge in [-0.15, -0.1) is 0 Å². The van der Waals surface area contributed by atoms with E-state index >= 15 is 0 Å². The number of nitro benzene ring substituents is 1. The maximum atomic E-state index is 13.3. The summed E-state index contributed by atoms with van der Waals surface area (Å²) in [5.74, 6) is -2.99. The predicted molar refractivity (Wildman–Crippen MR) is 141 cm³/mol. The molecule has 1 heterocycles. The summed E-state index contributed by atoms with van der Waals surface area (Å²) in [5.41, 5.74) is -0.234. The summed E-state index contributed by atoms with van der Waals surface area (Å²) in [4.78, 5) is 64.1. The first kappa shape index (κ1) is 25.5. The van der Waals surface area contributed by atoms with Crippen molar-refractivity contribution in [2.24, 2.45) is 0 Å². The van der Waals surface area contributed by atoms with E-state index < -0.39 is 40.3 Å². The summed E-state index contributed by atoms with van der Waals surface area (Å²) in [6.45, 7) is 0. The van der Waals surface area contributed by atoms with E-state index in [2.05, 4.69) is 0 Å². The highest BCUT2D eigenvalue weighted by Crippen LogP contribution is 2.34. The molecule has 4 aromatic carbocycles. The molecular weight excluding hydrogens is 524 g/mol. The summed E-state index contributed by atoms with van der Waals surface area (Å²) in [5, 5.41) is 11.9. The van der Waals surface area contributed by atoms with E-state index in [0.29, 0.717) is 16.1 Å². The Morgan fingerprint density at radius 2 is 1.49 bits per heavy atom. The Labute approximate surface area is 226 Å². The SMILES string of the molecule is O=C(O[C@@H](C(=O)c1ccccc1)c1ccc(Cl)cc1)c1cccc(N2C(=O)c3cccc([N+](=O)[O-])c3C2=O)c1. The fraction of sp³-hybridized carbons (Fsp3) is 0.0345. The molecule has 9 nitrogen and oxygen atoms in total. The molecule has 0 N–H and O–H groups in total. The van der Waals surface area contributed by atoms with Crippen LogP contribution in [0.25, 0.3) is 0 Å². The minimum atomic E-state index is -1.30. The number of benzene rings is 4. The van der Waals surface area contributed by atoms with Gasteiger partial charge in [0.25, 0.3) is 17.5 Å². The fourth-order valence-corrected chi connectivity index (χ4v) is 4.39. The summed E-state index contributed by atoms with van der Waals surface area (Å²) in [6, 6.07) is 23.9. The van der Waals surface area contributed by atoms with Crippen molar-refractivity contribution in [3.8, 4) is 0 Å². The van der Waals surface area contributed by atoms with Crippen LogP contribution in [0.1, 0.15) is 53.1 Å². The summed E-state index contributed by atoms with van der Waals surface area (Å²) >= 11 is 5.99. The van der Waals surface area contributed by atoms with Crippen LogP contribution >= 0.6 is 11.6 Å². The molecular formula is C29H17ClN2O7. The van der Waals surface area contributed by atoms with E-state index in [0.717, 1.165) is 11.0 Å². The molecule has 0 aromatic heterocycles. The van der Waals surface area contributed by atoms with Crippen LogP contribution in [-0.4, -0.2) is 28.5 Å². The number of halogens is 1. The average Bonchev–Trinajstić information content (AvgIpc) is 3.21. The number of ether oxygens (including phenoxy) is 1. The molecule has 192 valence electrons. The number of fused-ring (bicyclic) bond motifs is 1. The van der Waals surface area contributed by atoms with Crippen LogP contribution in [0, 0.1) is 10.1 Å². The van der Waals surface area contributed by atoms with Gasteiger partial charge in [-0.3, -0.25) is 24.5 Å². The van der Waals surface area contributed by atoms with Gasteiger partial charge in [0.1, 0.15) is 5.56 Å². The van der Waals surface area contributed by atoms with Gasteiger partial charge in [-0.05, 0) is 36.4 Å². The van der Waals surface area contributed by atoms with Crippen LogP contribution in [0.5, 0.6) is 0 Å². The van der Waals surface area contributed by atoms with Gasteiger partial charge < -0.3 is 4.74 Å². The first-order valence-electron chi connectivity index (χ1n) is 11.6. The number of hydrogen-bond acceptors (Lipinski definition) is 7. The quantitative estimate of drug-likeness (QED) is 0.0949. The number of esters is 1. The molecule has 1 aliphatic heterocycles. The molecule has 2 amide bonds. The number of ketones is 1. The molecule has 5 rings (SSSR count). The number of Topliss-reactive ketones (excluding diaryl/α,β-unsaturated/α-hetero) is 1. The molecule has 10 heteroatoms. The van der Waals surface area contributed by atoms with E-state index in [4.69, 9.17) is 16.3 Å². The van der Waals surface area contributed by atoms with Crippen molar-refractivity contribution in [2.45, 2.75) is 6.10 Å². The van der Waals surface area contributed by atoms with Crippen LogP contribution in [-0.2, 0) is 4.74 Å². The second kappa shape index (κ2) is 10.3. The molecule has 1 aliphatic rings. The molecule has 39 heavy (non-hydrogen) atoms. The second-order valence-electron chi connectivity index (χ2n) is 8.52. The lowest BCUT2D eigenvalue weighted by Gasteiger charge is -2.19. The normalized spacial score (nSPS) is 13.1. The maximum Gasteiger partial charge on any atom is 0.339 e. The molecule has 0 saturated carbocycles. The molecule has 0 bridgehead atoms. The highest BCUT2D eigenvalue weighted by molar-refractivity contribution is 6.35. The summed E-state index contributed by atoms with van der Waals surface area (Å²) < 4.78 is 5.65. The third kappa shape index (κ3) is 4.78. The Morgan fingerprint density at radius 1 is 0.821 bits per heavy atom. The van der Waals surface area contributed by atoms with Crippen LogP contribution in [0.2, 0.25) is 5.02 Å². The molecule has 0 saturated heterocycles. The number of nitrogens with zero attached hydrogens (tertiary/aromatic N) is 2. The lowest BCUT2D eigenvalue weighted by Crippen LogP contribution is -2.29. The highest BCUT2D eigenvalue weighted by atomic mass is 35.5. The van der Waals surface area contributed by atoms with E-state index in [9.17, 15) is 29.3 Å². The second-order valence-corrected chi connectivity index (χ2v) is 8.96. The van der Waals surface area contributed by atoms with Gasteiger partial charge in [-0.1, -0.05) is 66.2 Å². The first-order valence-corrected chi connectivity index (χ1v) is 12.0. The van der Waals surface area contributed by atoms with Gasteiger partial charge in [0.2, 0.25) is 5.78 Å². The molecule has 0 unspecified atom stereocenters. The van der Waals surface area contributed by atoms with Crippen molar-refractivity contribution in [2.75, 3.05) is 4.90 Å². The average molecular weight is 541 g/mol. The van der Waals surface area contributed by atoms with Crippen molar-refractivity contribution in [3.63, 3.8) is 0 Å². The first-order chi connectivity index (χ1) is 18.8. The van der Waals surface area contributed by atoms with Crippen molar-refractivity contribution in [3.05, 3.63) is 140 Å². The minimum absolute atomic E-state index is 0.0161. The maximum absolute atomic E-state index is 13.3. The number of carbonyl (C=O) groups excluding carboxylic acids is 4. The number of hydrogen-bond donors (Lipinski definition) is 0. The molecule has 0 fully saturated rings. The zero-order chi connectivity index (χ0) is 27.7. The van der Waals surface area contributed by atoms with Crippen LogP contribution in [0.3, 0.4) is 0 Å². The van der Waals surface area contributed by atoms with Crippen LogP contribution in [0.15, 0.2) is 97.1 Å². The van der Waals surface area contributed by atoms with E-state index in [1.54, 1.807) is 54.6 Å². The summed E-state index contributed by atoms with van der Waals surface area (Å²) in [7, 11) is 0. The lowest BCUT2D eigenvalue weighted by molar-refractivity contribution is -0.385. The van der Waals surface area contributed by atoms with Crippen LogP contribution < -0.4 is 4.90 Å². The molecule has 1 atom stereocenters. The molecule has 0 aliphatic carbocycles. The standard InChI is InChI=1S/C29H17ClN2O7/c30-20-14-12-18(13-15-20)26(25(33)17-6-2-1-3-7-17)39-29(36)19-8-4-9-21(16-19)31-27(34)22-10-5-11-23(32(37)38)24(22)28(31)35/h1-16,26H/t26-/m1/s1. The Kier molecular flexibility index (Phi) is 6.74. The van der Waals surface area contributed by atoms with Gasteiger partial charge in [-0.2, -0.15) is 0 Å². The molecule has 0 radical (unpaired) electrons. The topological polar surface area (TPSA) is 124 Å². The predicted octanol–water partition coefficient (Wildman–Crippen LogP) is 5.83. The largest absolute Gasteiger partial charge is 0.445 e. The molecule has 0 spiro atoms. The van der Waals surface area contributed by atoms with Gasteiger partial charge in [0.05, 0.1) is 21.7 Å². The zero-order valence-corrected chi connectivity index (χ0v) is 20.7. The van der Waals surface area contributed by atoms with Crippen molar-refractivity contribution in [1.29, 1.82) is 0 Å². The van der Waals surface area contributed by atoms with Crippen molar-refractivity contribution in [1.82, 2.24) is 0 Å². The highest BCUT2D eigenvalue weighted by Gasteiger charge is 2.42. The fourth-order valence-electron chi connectivity index (χ4n) is 4.27. The minimum Gasteiger partial charge on any atom is -0.445 e. The van der Waals surface area contributed by atoms with Gasteiger partial charge in [0, 0.05) is 22.2 Å². The number of carbonyl (C=O) groups is 4.